The van der Waals surface area contributed by atoms with Gasteiger partial charge in [-0.15, -0.1) is 0 Å². The minimum Gasteiger partial charge on any atom is -0.496 e. The van der Waals surface area contributed by atoms with Gasteiger partial charge in [-0.2, -0.15) is 0 Å². The number of hydrogen-bond donors (Lipinski definition) is 2. The number of ether oxygens (including phenoxy) is 2. The smallest absolute Gasteiger partial charge is 0.241 e. The molecule has 2 aromatic rings. The molecule has 1 amide bonds. The fourth-order valence-electron chi connectivity index (χ4n) is 2.57. The lowest BCUT2D eigenvalue weighted by molar-refractivity contribution is -0.119. The van der Waals surface area contributed by atoms with Crippen molar-refractivity contribution in [3.8, 4) is 11.5 Å². The van der Waals surface area contributed by atoms with Crippen LogP contribution in [0.5, 0.6) is 11.5 Å². The highest BCUT2D eigenvalue weighted by Gasteiger charge is 2.16. The molecule has 0 aliphatic carbocycles. The largest absolute Gasteiger partial charge is 0.496 e. The van der Waals surface area contributed by atoms with Crippen molar-refractivity contribution >= 4 is 15.9 Å². The molecule has 0 heterocycles. The van der Waals surface area contributed by atoms with Gasteiger partial charge in [-0.3, -0.25) is 4.79 Å². The molecule has 0 spiro atoms. The van der Waals surface area contributed by atoms with Crippen molar-refractivity contribution in [1.29, 1.82) is 0 Å². The summed E-state index contributed by atoms with van der Waals surface area (Å²) in [5.74, 6) is 0.948. The molecule has 0 aliphatic rings. The Hall–Kier alpha value is -2.58. The zero-order valence-electron chi connectivity index (χ0n) is 15.6. The van der Waals surface area contributed by atoms with E-state index in [1.807, 2.05) is 24.3 Å². The molecule has 7 nitrogen and oxygen atoms in total. The van der Waals surface area contributed by atoms with Gasteiger partial charge in [0.05, 0.1) is 25.7 Å². The van der Waals surface area contributed by atoms with E-state index in [0.717, 1.165) is 11.3 Å². The molecule has 2 aromatic carbocycles. The molecular formula is C19H24N2O5S. The van der Waals surface area contributed by atoms with Crippen molar-refractivity contribution in [1.82, 2.24) is 10.0 Å². The van der Waals surface area contributed by atoms with Crippen molar-refractivity contribution in [3.05, 3.63) is 53.6 Å². The Bertz CT molecular complexity index is 897. The summed E-state index contributed by atoms with van der Waals surface area (Å²) in [5, 5.41) is 2.69. The van der Waals surface area contributed by atoms with E-state index in [1.54, 1.807) is 20.1 Å². The van der Waals surface area contributed by atoms with Gasteiger partial charge in [0, 0.05) is 6.54 Å². The van der Waals surface area contributed by atoms with E-state index in [1.165, 1.54) is 19.2 Å². The standard InChI is InChI=1S/C19H24N2O5S/c1-14-12-16(8-9-17(14)25-2)27(23,24)21-13-19(22)20-11-10-15-6-4-5-7-18(15)26-3/h4-9,12,21H,10-11,13H2,1-3H3,(H,20,22). The molecule has 2 N–H and O–H groups in total. The number of carbonyl (C=O) groups excluding carboxylic acids is 1. The van der Waals surface area contributed by atoms with Crippen LogP contribution in [0, 0.1) is 6.92 Å². The number of rotatable bonds is 9. The third-order valence-corrected chi connectivity index (χ3v) is 5.41. The molecule has 0 radical (unpaired) electrons. The summed E-state index contributed by atoms with van der Waals surface area (Å²) in [4.78, 5) is 12.0. The average molecular weight is 392 g/mol. The summed E-state index contributed by atoms with van der Waals surface area (Å²) in [7, 11) is -0.669. The van der Waals surface area contributed by atoms with Gasteiger partial charge in [0.25, 0.3) is 0 Å². The molecule has 0 atom stereocenters. The van der Waals surface area contributed by atoms with Gasteiger partial charge < -0.3 is 14.8 Å². The maximum atomic E-state index is 12.3. The maximum Gasteiger partial charge on any atom is 0.241 e. The molecule has 0 fully saturated rings. The van der Waals surface area contributed by atoms with E-state index in [4.69, 9.17) is 9.47 Å². The summed E-state index contributed by atoms with van der Waals surface area (Å²) in [6, 6.07) is 12.1. The first kappa shape index (κ1) is 20.7. The molecule has 0 saturated heterocycles. The number of carbonyl (C=O) groups is 1. The molecule has 2 rings (SSSR count). The lowest BCUT2D eigenvalue weighted by atomic mass is 10.1. The van der Waals surface area contributed by atoms with Gasteiger partial charge in [0.2, 0.25) is 15.9 Å². The van der Waals surface area contributed by atoms with E-state index in [2.05, 4.69) is 10.0 Å². The van der Waals surface area contributed by atoms with Crippen LogP contribution in [0.3, 0.4) is 0 Å². The Morgan fingerprint density at radius 2 is 1.74 bits per heavy atom. The number of para-hydroxylation sites is 1. The van der Waals surface area contributed by atoms with Gasteiger partial charge in [0.15, 0.2) is 0 Å². The SMILES string of the molecule is COc1ccc(S(=O)(=O)NCC(=O)NCCc2ccccc2OC)cc1C. The summed E-state index contributed by atoms with van der Waals surface area (Å²) >= 11 is 0. The van der Waals surface area contributed by atoms with Crippen LogP contribution in [0.25, 0.3) is 0 Å². The first-order valence-electron chi connectivity index (χ1n) is 8.40. The molecule has 8 heteroatoms. The Labute approximate surface area is 159 Å². The number of aryl methyl sites for hydroxylation is 1. The highest BCUT2D eigenvalue weighted by atomic mass is 32.2. The van der Waals surface area contributed by atoms with Crippen molar-refractivity contribution in [2.24, 2.45) is 0 Å². The van der Waals surface area contributed by atoms with Crippen molar-refractivity contribution in [3.63, 3.8) is 0 Å². The number of nitrogens with one attached hydrogen (secondary N) is 2. The molecule has 0 aliphatic heterocycles. The first-order valence-corrected chi connectivity index (χ1v) is 9.88. The maximum absolute atomic E-state index is 12.3. The van der Waals surface area contributed by atoms with E-state index < -0.39 is 15.9 Å². The normalized spacial score (nSPS) is 11.1. The Kier molecular flexibility index (Phi) is 7.20. The van der Waals surface area contributed by atoms with Crippen LogP contribution in [0.4, 0.5) is 0 Å². The van der Waals surface area contributed by atoms with Gasteiger partial charge in [-0.1, -0.05) is 18.2 Å². The number of amides is 1. The average Bonchev–Trinajstić information content (AvgIpc) is 2.66. The van der Waals surface area contributed by atoms with Crippen LogP contribution in [0.1, 0.15) is 11.1 Å². The van der Waals surface area contributed by atoms with Crippen LogP contribution in [0.2, 0.25) is 0 Å². The van der Waals surface area contributed by atoms with Crippen LogP contribution in [-0.4, -0.2) is 41.6 Å². The Morgan fingerprint density at radius 3 is 2.41 bits per heavy atom. The number of hydrogen-bond acceptors (Lipinski definition) is 5. The monoisotopic (exact) mass is 392 g/mol. The zero-order chi connectivity index (χ0) is 19.9. The highest BCUT2D eigenvalue weighted by Crippen LogP contribution is 2.21. The molecule has 0 aromatic heterocycles. The van der Waals surface area contributed by atoms with Gasteiger partial charge in [0.1, 0.15) is 11.5 Å². The molecule has 0 saturated carbocycles. The van der Waals surface area contributed by atoms with E-state index in [0.29, 0.717) is 24.3 Å². The van der Waals surface area contributed by atoms with Crippen LogP contribution in [-0.2, 0) is 21.2 Å². The molecule has 0 unspecified atom stereocenters. The van der Waals surface area contributed by atoms with E-state index in [-0.39, 0.29) is 11.4 Å². The topological polar surface area (TPSA) is 93.7 Å². The molecule has 146 valence electrons. The predicted molar refractivity (Wildman–Crippen MR) is 103 cm³/mol. The van der Waals surface area contributed by atoms with Crippen molar-refractivity contribution in [2.75, 3.05) is 27.3 Å². The third kappa shape index (κ3) is 5.70. The minimum atomic E-state index is -3.78. The lowest BCUT2D eigenvalue weighted by Crippen LogP contribution is -2.37. The van der Waals surface area contributed by atoms with Gasteiger partial charge >= 0.3 is 0 Å². The van der Waals surface area contributed by atoms with Crippen LogP contribution in [0.15, 0.2) is 47.4 Å². The first-order chi connectivity index (χ1) is 12.9. The zero-order valence-corrected chi connectivity index (χ0v) is 16.4. The predicted octanol–water partition coefficient (Wildman–Crippen LogP) is 1.65. The highest BCUT2D eigenvalue weighted by molar-refractivity contribution is 7.89. The van der Waals surface area contributed by atoms with Crippen LogP contribution >= 0.6 is 0 Å². The van der Waals surface area contributed by atoms with E-state index >= 15 is 0 Å². The quantitative estimate of drug-likeness (QED) is 0.677. The summed E-state index contributed by atoms with van der Waals surface area (Å²) in [6.45, 7) is 1.80. The second-order valence-corrected chi connectivity index (χ2v) is 7.63. The van der Waals surface area contributed by atoms with Gasteiger partial charge in [-0.25, -0.2) is 13.1 Å². The third-order valence-electron chi connectivity index (χ3n) is 4.01. The summed E-state index contributed by atoms with van der Waals surface area (Å²) in [5.41, 5.74) is 1.66. The molecular weight excluding hydrogens is 368 g/mol. The number of sulfonamides is 1. The minimum absolute atomic E-state index is 0.0858. The molecule has 27 heavy (non-hydrogen) atoms. The molecule has 0 bridgehead atoms. The lowest BCUT2D eigenvalue weighted by Gasteiger charge is -2.11. The van der Waals surface area contributed by atoms with E-state index in [9.17, 15) is 13.2 Å². The Morgan fingerprint density at radius 1 is 1.04 bits per heavy atom. The van der Waals surface area contributed by atoms with Crippen molar-refractivity contribution in [2.45, 2.75) is 18.2 Å². The van der Waals surface area contributed by atoms with Crippen molar-refractivity contribution < 1.29 is 22.7 Å². The second-order valence-electron chi connectivity index (χ2n) is 5.87. The van der Waals surface area contributed by atoms with Crippen LogP contribution < -0.4 is 19.5 Å². The second kappa shape index (κ2) is 9.38. The number of benzene rings is 2. The summed E-state index contributed by atoms with van der Waals surface area (Å²) in [6.07, 6.45) is 0.584. The Balaban J connectivity index is 1.86. The van der Waals surface area contributed by atoms with Gasteiger partial charge in [-0.05, 0) is 48.7 Å². The summed E-state index contributed by atoms with van der Waals surface area (Å²) < 4.78 is 37.3. The number of methoxy groups -OCH3 is 2. The fraction of sp³-hybridized carbons (Fsp3) is 0.316. The fourth-order valence-corrected chi connectivity index (χ4v) is 3.64.